The van der Waals surface area contributed by atoms with Crippen LogP contribution in [0.25, 0.3) is 0 Å². The van der Waals surface area contributed by atoms with E-state index in [-0.39, 0.29) is 11.5 Å². The molecule has 0 radical (unpaired) electrons. The van der Waals surface area contributed by atoms with Gasteiger partial charge >= 0.3 is 6.18 Å². The summed E-state index contributed by atoms with van der Waals surface area (Å²) < 4.78 is 39.3. The second-order valence-corrected chi connectivity index (χ2v) is 6.46. The molecule has 0 aliphatic heterocycles. The fraction of sp³-hybridized carbons (Fsp3) is 0.417. The molecule has 0 fully saturated rings. The molecule has 0 aliphatic carbocycles. The summed E-state index contributed by atoms with van der Waals surface area (Å²) in [5, 5.41) is 7.46. The molecule has 0 N–H and O–H groups in total. The van der Waals surface area contributed by atoms with Gasteiger partial charge in [0, 0.05) is 17.0 Å². The summed E-state index contributed by atoms with van der Waals surface area (Å²) in [6.07, 6.45) is -4.31. The van der Waals surface area contributed by atoms with Crippen molar-refractivity contribution < 1.29 is 18.0 Å². The molecule has 0 atom stereocenters. The lowest BCUT2D eigenvalue weighted by molar-refractivity contribution is -0.141. The maximum Gasteiger partial charge on any atom is 0.406 e. The Morgan fingerprint density at radius 1 is 1.43 bits per heavy atom. The lowest BCUT2D eigenvalue weighted by atomic mass is 10.2. The van der Waals surface area contributed by atoms with Crippen molar-refractivity contribution in [3.8, 4) is 0 Å². The van der Waals surface area contributed by atoms with Gasteiger partial charge in [0.25, 0.3) is 0 Å². The van der Waals surface area contributed by atoms with Gasteiger partial charge in [0.15, 0.2) is 10.1 Å². The molecule has 0 bridgehead atoms. The highest BCUT2D eigenvalue weighted by molar-refractivity contribution is 8.01. The van der Waals surface area contributed by atoms with E-state index in [4.69, 9.17) is 0 Å². The van der Waals surface area contributed by atoms with Gasteiger partial charge in [-0.05, 0) is 19.9 Å². The van der Waals surface area contributed by atoms with E-state index in [0.29, 0.717) is 21.3 Å². The summed E-state index contributed by atoms with van der Waals surface area (Å²) in [6.45, 7) is 2.01. The van der Waals surface area contributed by atoms with Gasteiger partial charge in [0.05, 0.1) is 5.75 Å². The largest absolute Gasteiger partial charge is 0.406 e. The minimum absolute atomic E-state index is 0.130. The molecule has 2 aromatic rings. The molecule has 2 aromatic heterocycles. The molecule has 21 heavy (non-hydrogen) atoms. The highest BCUT2D eigenvalue weighted by Crippen LogP contribution is 2.25. The number of hydrogen-bond acceptors (Lipinski definition) is 5. The highest BCUT2D eigenvalue weighted by Gasteiger charge is 2.30. The number of carbonyl (C=O) groups excluding carboxylic acids is 1. The standard InChI is InChI=1S/C12H12F3N3OS2/c1-7-3-9(8(2)18(7)5-12(13,14)15)10(19)4-20-11-17-16-6-21-11/h3,6H,4-5H2,1-2H3. The molecule has 114 valence electrons. The number of thioether (sulfide) groups is 1. The van der Waals surface area contributed by atoms with Crippen LogP contribution in [-0.4, -0.2) is 32.5 Å². The van der Waals surface area contributed by atoms with Crippen LogP contribution in [0.5, 0.6) is 0 Å². The van der Waals surface area contributed by atoms with Gasteiger partial charge in [0.1, 0.15) is 12.1 Å². The Hall–Kier alpha value is -1.35. The summed E-state index contributed by atoms with van der Waals surface area (Å²) in [5.41, 5.74) is 2.65. The molecular formula is C12H12F3N3OS2. The van der Waals surface area contributed by atoms with Gasteiger partial charge in [-0.1, -0.05) is 23.1 Å². The normalized spacial score (nSPS) is 11.9. The predicted octanol–water partition coefficient (Wildman–Crippen LogP) is 3.49. The zero-order valence-corrected chi connectivity index (χ0v) is 12.9. The number of carbonyl (C=O) groups is 1. The number of ketones is 1. The number of aryl methyl sites for hydroxylation is 1. The first-order chi connectivity index (χ1) is 9.78. The van der Waals surface area contributed by atoms with Crippen molar-refractivity contribution in [3.63, 3.8) is 0 Å². The van der Waals surface area contributed by atoms with Gasteiger partial charge in [0.2, 0.25) is 0 Å². The number of hydrogen-bond donors (Lipinski definition) is 0. The lowest BCUT2D eigenvalue weighted by Gasteiger charge is -2.12. The van der Waals surface area contributed by atoms with E-state index in [1.165, 1.54) is 36.1 Å². The molecule has 0 amide bonds. The third-order valence-electron chi connectivity index (χ3n) is 2.88. The van der Waals surface area contributed by atoms with Crippen LogP contribution in [-0.2, 0) is 6.54 Å². The Balaban J connectivity index is 2.13. The summed E-state index contributed by atoms with van der Waals surface area (Å²) in [4.78, 5) is 12.1. The molecule has 0 saturated carbocycles. The second kappa shape index (κ2) is 6.18. The molecule has 2 rings (SSSR count). The summed E-state index contributed by atoms with van der Waals surface area (Å²) in [5.74, 6) is -0.0809. The minimum atomic E-state index is -4.31. The fourth-order valence-corrected chi connectivity index (χ4v) is 3.31. The minimum Gasteiger partial charge on any atom is -0.339 e. The first kappa shape index (κ1) is 16.0. The number of rotatable bonds is 5. The Kier molecular flexibility index (Phi) is 4.72. The van der Waals surface area contributed by atoms with E-state index in [9.17, 15) is 18.0 Å². The SMILES string of the molecule is Cc1cc(C(=O)CSc2nncs2)c(C)n1CC(F)(F)F. The Morgan fingerprint density at radius 3 is 2.71 bits per heavy atom. The molecule has 0 aromatic carbocycles. The smallest absolute Gasteiger partial charge is 0.339 e. The molecule has 0 aliphatic rings. The first-order valence-electron chi connectivity index (χ1n) is 5.93. The van der Waals surface area contributed by atoms with Crippen molar-refractivity contribution >= 4 is 28.9 Å². The number of aromatic nitrogens is 3. The maximum absolute atomic E-state index is 12.5. The highest BCUT2D eigenvalue weighted by atomic mass is 32.2. The first-order valence-corrected chi connectivity index (χ1v) is 7.80. The fourth-order valence-electron chi connectivity index (χ4n) is 1.94. The number of alkyl halides is 3. The van der Waals surface area contributed by atoms with Gasteiger partial charge in [-0.2, -0.15) is 13.2 Å². The zero-order chi connectivity index (χ0) is 15.6. The van der Waals surface area contributed by atoms with E-state index in [1.807, 2.05) is 0 Å². The van der Waals surface area contributed by atoms with Crippen molar-refractivity contribution in [1.82, 2.24) is 14.8 Å². The molecule has 0 saturated heterocycles. The van der Waals surface area contributed by atoms with E-state index in [2.05, 4.69) is 10.2 Å². The van der Waals surface area contributed by atoms with Crippen molar-refractivity contribution in [2.45, 2.75) is 30.9 Å². The maximum atomic E-state index is 12.5. The van der Waals surface area contributed by atoms with Crippen molar-refractivity contribution in [1.29, 1.82) is 0 Å². The molecular weight excluding hydrogens is 323 g/mol. The number of Topliss-reactive ketones (excluding diaryl/α,β-unsaturated/α-hetero) is 1. The van der Waals surface area contributed by atoms with Crippen LogP contribution in [0, 0.1) is 13.8 Å². The van der Waals surface area contributed by atoms with E-state index < -0.39 is 12.7 Å². The molecule has 2 heterocycles. The van der Waals surface area contributed by atoms with E-state index in [1.54, 1.807) is 12.4 Å². The van der Waals surface area contributed by atoms with Crippen LogP contribution in [0.15, 0.2) is 15.9 Å². The Labute approximate surface area is 127 Å². The molecule has 9 heteroatoms. The van der Waals surface area contributed by atoms with E-state index in [0.717, 1.165) is 4.57 Å². The summed E-state index contributed by atoms with van der Waals surface area (Å²) >= 11 is 2.55. The van der Waals surface area contributed by atoms with Gasteiger partial charge in [-0.15, -0.1) is 10.2 Å². The third kappa shape index (κ3) is 4.07. The summed E-state index contributed by atoms with van der Waals surface area (Å²) in [7, 11) is 0. The number of halogens is 3. The van der Waals surface area contributed by atoms with Gasteiger partial charge < -0.3 is 4.57 Å². The van der Waals surface area contributed by atoms with Crippen LogP contribution < -0.4 is 0 Å². The van der Waals surface area contributed by atoms with Crippen molar-refractivity contribution in [3.05, 3.63) is 28.5 Å². The average Bonchev–Trinajstić information content (AvgIpc) is 2.98. The quantitative estimate of drug-likeness (QED) is 0.620. The molecule has 0 unspecified atom stereocenters. The third-order valence-corrected chi connectivity index (χ3v) is 4.74. The van der Waals surface area contributed by atoms with Crippen LogP contribution in [0.1, 0.15) is 21.7 Å². The number of nitrogens with zero attached hydrogens (tertiary/aromatic N) is 3. The average molecular weight is 335 g/mol. The van der Waals surface area contributed by atoms with Crippen LogP contribution in [0.2, 0.25) is 0 Å². The summed E-state index contributed by atoms with van der Waals surface area (Å²) in [6, 6.07) is 1.50. The Bertz CT molecular complexity index is 635. The topological polar surface area (TPSA) is 47.8 Å². The van der Waals surface area contributed by atoms with Crippen LogP contribution in [0.4, 0.5) is 13.2 Å². The molecule has 4 nitrogen and oxygen atoms in total. The van der Waals surface area contributed by atoms with Crippen LogP contribution >= 0.6 is 23.1 Å². The van der Waals surface area contributed by atoms with Crippen LogP contribution in [0.3, 0.4) is 0 Å². The monoisotopic (exact) mass is 335 g/mol. The van der Waals surface area contributed by atoms with E-state index >= 15 is 0 Å². The lowest BCUT2D eigenvalue weighted by Crippen LogP contribution is -2.19. The second-order valence-electron chi connectivity index (χ2n) is 4.40. The van der Waals surface area contributed by atoms with Gasteiger partial charge in [-0.3, -0.25) is 4.79 Å². The van der Waals surface area contributed by atoms with Crippen molar-refractivity contribution in [2.75, 3.05) is 5.75 Å². The predicted molar refractivity (Wildman–Crippen MR) is 74.9 cm³/mol. The Morgan fingerprint density at radius 2 is 2.14 bits per heavy atom. The van der Waals surface area contributed by atoms with Gasteiger partial charge in [-0.25, -0.2) is 0 Å². The zero-order valence-electron chi connectivity index (χ0n) is 11.3. The van der Waals surface area contributed by atoms with Crippen molar-refractivity contribution in [2.24, 2.45) is 0 Å². The molecule has 0 spiro atoms.